The molecule has 4 aromatic rings. The normalized spacial score (nSPS) is 10.8. The van der Waals surface area contributed by atoms with E-state index in [1.165, 1.54) is 0 Å². The molecule has 0 spiro atoms. The highest BCUT2D eigenvalue weighted by molar-refractivity contribution is 6.30. The molecule has 0 bridgehead atoms. The number of amides is 1. The van der Waals surface area contributed by atoms with Crippen molar-refractivity contribution in [3.8, 4) is 5.75 Å². The summed E-state index contributed by atoms with van der Waals surface area (Å²) in [6, 6.07) is 14.5. The fourth-order valence-corrected chi connectivity index (χ4v) is 3.19. The third-order valence-corrected chi connectivity index (χ3v) is 4.91. The number of anilines is 1. The van der Waals surface area contributed by atoms with Gasteiger partial charge in [-0.05, 0) is 48.9 Å². The standard InChI is InChI=1S/C23H22ClN5O2/c1-2-28-13-18(11-25-28)14-29-15-21(12-26-29)27-23(30)19-5-3-4-17(10-19)16-31-22-8-6-20(24)7-9-22/h3-13,15H,2,14,16H2,1H3,(H,27,30). The molecule has 0 saturated carbocycles. The lowest BCUT2D eigenvalue weighted by Gasteiger charge is -2.08. The molecule has 2 aromatic carbocycles. The molecule has 2 heterocycles. The van der Waals surface area contributed by atoms with Crippen LogP contribution < -0.4 is 10.1 Å². The lowest BCUT2D eigenvalue weighted by Crippen LogP contribution is -2.12. The number of carbonyl (C=O) groups is 1. The first kappa shape index (κ1) is 20.7. The molecule has 0 radical (unpaired) electrons. The minimum absolute atomic E-state index is 0.202. The molecule has 4 rings (SSSR count). The van der Waals surface area contributed by atoms with Crippen LogP contribution in [0.15, 0.2) is 73.3 Å². The van der Waals surface area contributed by atoms with Crippen molar-refractivity contribution < 1.29 is 9.53 Å². The highest BCUT2D eigenvalue weighted by atomic mass is 35.5. The largest absolute Gasteiger partial charge is 0.489 e. The number of nitrogens with one attached hydrogen (secondary N) is 1. The molecule has 0 fully saturated rings. The van der Waals surface area contributed by atoms with E-state index in [1.54, 1.807) is 35.3 Å². The Labute approximate surface area is 185 Å². The van der Waals surface area contributed by atoms with Gasteiger partial charge in [0.1, 0.15) is 12.4 Å². The van der Waals surface area contributed by atoms with Gasteiger partial charge in [-0.3, -0.25) is 14.2 Å². The number of halogens is 1. The van der Waals surface area contributed by atoms with Crippen molar-refractivity contribution in [1.29, 1.82) is 0 Å². The summed E-state index contributed by atoms with van der Waals surface area (Å²) < 4.78 is 9.39. The Morgan fingerprint density at radius 1 is 1.03 bits per heavy atom. The number of ether oxygens (including phenoxy) is 1. The molecule has 1 amide bonds. The lowest BCUT2D eigenvalue weighted by molar-refractivity contribution is 0.102. The Morgan fingerprint density at radius 2 is 1.84 bits per heavy atom. The van der Waals surface area contributed by atoms with Crippen LogP contribution in [-0.4, -0.2) is 25.5 Å². The lowest BCUT2D eigenvalue weighted by atomic mass is 10.1. The van der Waals surface area contributed by atoms with Crippen molar-refractivity contribution in [1.82, 2.24) is 19.6 Å². The van der Waals surface area contributed by atoms with E-state index in [2.05, 4.69) is 15.5 Å². The van der Waals surface area contributed by atoms with Crippen LogP contribution in [0.4, 0.5) is 5.69 Å². The molecule has 1 N–H and O–H groups in total. The van der Waals surface area contributed by atoms with Crippen molar-refractivity contribution in [3.05, 3.63) is 95.0 Å². The molecule has 31 heavy (non-hydrogen) atoms. The van der Waals surface area contributed by atoms with Gasteiger partial charge in [0.15, 0.2) is 0 Å². The number of hydrogen-bond acceptors (Lipinski definition) is 4. The Balaban J connectivity index is 1.35. The molecule has 0 saturated heterocycles. The maximum Gasteiger partial charge on any atom is 0.255 e. The molecular formula is C23H22ClN5O2. The van der Waals surface area contributed by atoms with Crippen molar-refractivity contribution in [3.63, 3.8) is 0 Å². The summed E-state index contributed by atoms with van der Waals surface area (Å²) in [5.74, 6) is 0.517. The van der Waals surface area contributed by atoms with E-state index < -0.39 is 0 Å². The number of hydrogen-bond donors (Lipinski definition) is 1. The number of aryl methyl sites for hydroxylation is 1. The van der Waals surface area contributed by atoms with Gasteiger partial charge in [0.25, 0.3) is 5.91 Å². The van der Waals surface area contributed by atoms with Gasteiger partial charge in [-0.1, -0.05) is 23.7 Å². The van der Waals surface area contributed by atoms with Gasteiger partial charge < -0.3 is 10.1 Å². The summed E-state index contributed by atoms with van der Waals surface area (Å²) in [6.07, 6.45) is 7.24. The second kappa shape index (κ2) is 9.49. The molecule has 0 aliphatic rings. The minimum Gasteiger partial charge on any atom is -0.489 e. The zero-order valence-corrected chi connectivity index (χ0v) is 17.8. The summed E-state index contributed by atoms with van der Waals surface area (Å²) in [5.41, 5.74) is 3.13. The third-order valence-electron chi connectivity index (χ3n) is 4.65. The summed E-state index contributed by atoms with van der Waals surface area (Å²) in [5, 5.41) is 12.1. The van der Waals surface area contributed by atoms with Gasteiger partial charge in [0.2, 0.25) is 0 Å². The summed E-state index contributed by atoms with van der Waals surface area (Å²) in [4.78, 5) is 12.7. The number of carbonyl (C=O) groups excluding carboxylic acids is 1. The van der Waals surface area contributed by atoms with Crippen LogP contribution in [0.1, 0.15) is 28.4 Å². The first-order chi connectivity index (χ1) is 15.1. The second-order valence-electron chi connectivity index (χ2n) is 7.03. The first-order valence-corrected chi connectivity index (χ1v) is 10.3. The monoisotopic (exact) mass is 435 g/mol. The highest BCUT2D eigenvalue weighted by Crippen LogP contribution is 2.18. The average molecular weight is 436 g/mol. The van der Waals surface area contributed by atoms with Crippen LogP contribution in [0.2, 0.25) is 5.02 Å². The maximum absolute atomic E-state index is 12.7. The fourth-order valence-electron chi connectivity index (χ4n) is 3.07. The number of aromatic nitrogens is 4. The zero-order chi connectivity index (χ0) is 21.6. The van der Waals surface area contributed by atoms with Crippen molar-refractivity contribution in [2.24, 2.45) is 0 Å². The van der Waals surface area contributed by atoms with Gasteiger partial charge in [0, 0.05) is 35.1 Å². The Bertz CT molecular complexity index is 1170. The van der Waals surface area contributed by atoms with Gasteiger partial charge in [-0.2, -0.15) is 10.2 Å². The maximum atomic E-state index is 12.7. The Hall–Kier alpha value is -3.58. The van der Waals surface area contributed by atoms with Crippen LogP contribution in [0.5, 0.6) is 5.75 Å². The van der Waals surface area contributed by atoms with Crippen molar-refractivity contribution in [2.45, 2.75) is 26.6 Å². The van der Waals surface area contributed by atoms with Gasteiger partial charge in [-0.25, -0.2) is 0 Å². The van der Waals surface area contributed by atoms with E-state index in [4.69, 9.17) is 16.3 Å². The second-order valence-corrected chi connectivity index (χ2v) is 7.46. The SMILES string of the molecule is CCn1cc(Cn2cc(NC(=O)c3cccc(COc4ccc(Cl)cc4)c3)cn2)cn1. The Morgan fingerprint density at radius 3 is 2.61 bits per heavy atom. The van der Waals surface area contributed by atoms with Gasteiger partial charge in [0.05, 0.1) is 24.6 Å². The number of benzene rings is 2. The summed E-state index contributed by atoms with van der Waals surface area (Å²) in [6.45, 7) is 3.81. The van der Waals surface area contributed by atoms with E-state index in [-0.39, 0.29) is 5.91 Å². The fraction of sp³-hybridized carbons (Fsp3) is 0.174. The van der Waals surface area contributed by atoms with Crippen molar-refractivity contribution >= 4 is 23.2 Å². The quantitative estimate of drug-likeness (QED) is 0.437. The van der Waals surface area contributed by atoms with Crippen LogP contribution in [0.25, 0.3) is 0 Å². The van der Waals surface area contributed by atoms with E-state index in [0.29, 0.717) is 29.4 Å². The topological polar surface area (TPSA) is 74.0 Å². The average Bonchev–Trinajstić information content (AvgIpc) is 3.43. The number of nitrogens with zero attached hydrogens (tertiary/aromatic N) is 4. The van der Waals surface area contributed by atoms with Crippen LogP contribution >= 0.6 is 11.6 Å². The molecule has 158 valence electrons. The Kier molecular flexibility index (Phi) is 6.33. The molecule has 8 heteroatoms. The molecule has 2 aromatic heterocycles. The first-order valence-electron chi connectivity index (χ1n) is 9.91. The van der Waals surface area contributed by atoms with E-state index in [0.717, 1.165) is 23.4 Å². The minimum atomic E-state index is -0.202. The third kappa shape index (κ3) is 5.52. The van der Waals surface area contributed by atoms with Crippen LogP contribution in [0, 0.1) is 0 Å². The molecule has 0 aliphatic heterocycles. The van der Waals surface area contributed by atoms with Gasteiger partial charge >= 0.3 is 0 Å². The van der Waals surface area contributed by atoms with Crippen LogP contribution in [0.3, 0.4) is 0 Å². The predicted octanol–water partition coefficient (Wildman–Crippen LogP) is 4.63. The molecule has 0 unspecified atom stereocenters. The zero-order valence-electron chi connectivity index (χ0n) is 17.0. The van der Waals surface area contributed by atoms with Crippen LogP contribution in [-0.2, 0) is 19.7 Å². The summed E-state index contributed by atoms with van der Waals surface area (Å²) in [7, 11) is 0. The predicted molar refractivity (Wildman–Crippen MR) is 119 cm³/mol. The smallest absolute Gasteiger partial charge is 0.255 e. The molecule has 0 aliphatic carbocycles. The molecular weight excluding hydrogens is 414 g/mol. The van der Waals surface area contributed by atoms with Crippen molar-refractivity contribution in [2.75, 3.05) is 5.32 Å². The van der Waals surface area contributed by atoms with Gasteiger partial charge in [-0.15, -0.1) is 0 Å². The van der Waals surface area contributed by atoms with E-state index in [9.17, 15) is 4.79 Å². The van der Waals surface area contributed by atoms with E-state index >= 15 is 0 Å². The number of rotatable bonds is 8. The highest BCUT2D eigenvalue weighted by Gasteiger charge is 2.09. The molecule has 0 atom stereocenters. The molecule has 7 nitrogen and oxygen atoms in total. The summed E-state index contributed by atoms with van der Waals surface area (Å²) >= 11 is 5.89. The van der Waals surface area contributed by atoms with E-state index in [1.807, 2.05) is 54.3 Å².